The van der Waals surface area contributed by atoms with Gasteiger partial charge in [0.25, 0.3) is 0 Å². The summed E-state index contributed by atoms with van der Waals surface area (Å²) in [7, 11) is 0. The van der Waals surface area contributed by atoms with Crippen LogP contribution in [0.25, 0.3) is 0 Å². The summed E-state index contributed by atoms with van der Waals surface area (Å²) < 4.78 is 0. The Labute approximate surface area is 60.2 Å². The Kier molecular flexibility index (Phi) is 1.38. The van der Waals surface area contributed by atoms with E-state index in [9.17, 15) is 4.79 Å². The van der Waals surface area contributed by atoms with Crippen molar-refractivity contribution in [2.45, 2.75) is 18.9 Å². The monoisotopic (exact) mass is 140 g/mol. The molecule has 0 aliphatic carbocycles. The maximum absolute atomic E-state index is 10.9. The smallest absolute Gasteiger partial charge is 0.220 e. The minimum atomic E-state index is 0.235. The summed E-state index contributed by atoms with van der Waals surface area (Å²) in [6.07, 6.45) is 1.84. The quantitative estimate of drug-likeness (QED) is 0.475. The van der Waals surface area contributed by atoms with Crippen LogP contribution < -0.4 is 10.6 Å². The fourth-order valence-electron chi connectivity index (χ4n) is 1.83. The molecule has 0 radical (unpaired) electrons. The van der Waals surface area contributed by atoms with Crippen LogP contribution in [0.5, 0.6) is 0 Å². The Morgan fingerprint density at radius 2 is 2.40 bits per heavy atom. The van der Waals surface area contributed by atoms with Gasteiger partial charge in [-0.05, 0) is 13.0 Å². The summed E-state index contributed by atoms with van der Waals surface area (Å²) in [5, 5.41) is 6.26. The first-order valence-electron chi connectivity index (χ1n) is 3.86. The zero-order valence-corrected chi connectivity index (χ0v) is 5.89. The topological polar surface area (TPSA) is 41.1 Å². The van der Waals surface area contributed by atoms with E-state index < -0.39 is 0 Å². The molecule has 2 atom stereocenters. The number of carbonyl (C=O) groups excluding carboxylic acids is 1. The number of hydrogen-bond acceptors (Lipinski definition) is 2. The fourth-order valence-corrected chi connectivity index (χ4v) is 1.83. The zero-order valence-electron chi connectivity index (χ0n) is 5.89. The molecule has 0 aromatic carbocycles. The molecule has 2 fully saturated rings. The second-order valence-electron chi connectivity index (χ2n) is 3.13. The van der Waals surface area contributed by atoms with Gasteiger partial charge in [0, 0.05) is 24.9 Å². The molecule has 2 aliphatic heterocycles. The summed E-state index contributed by atoms with van der Waals surface area (Å²) in [5.41, 5.74) is 0. The molecule has 1 amide bonds. The van der Waals surface area contributed by atoms with Gasteiger partial charge in [-0.3, -0.25) is 4.79 Å². The highest BCUT2D eigenvalue weighted by Gasteiger charge is 2.33. The van der Waals surface area contributed by atoms with E-state index in [0.717, 1.165) is 25.9 Å². The summed E-state index contributed by atoms with van der Waals surface area (Å²) >= 11 is 0. The molecule has 0 unspecified atom stereocenters. The minimum absolute atomic E-state index is 0.235. The van der Waals surface area contributed by atoms with E-state index in [1.807, 2.05) is 0 Å². The summed E-state index contributed by atoms with van der Waals surface area (Å²) in [6.45, 7) is 2.07. The SMILES string of the molecule is O=C1C[C@H]2CNCC[C@H]2N1. The molecule has 3 heteroatoms. The number of rotatable bonds is 0. The highest BCUT2D eigenvalue weighted by atomic mass is 16.2. The minimum Gasteiger partial charge on any atom is -0.353 e. The standard InChI is InChI=1S/C7H12N2O/c10-7-3-5-4-8-2-1-6(5)9-7/h5-6,8H,1-4H2,(H,9,10)/t5-,6+/m0/s1. The van der Waals surface area contributed by atoms with Crippen LogP contribution in [-0.2, 0) is 4.79 Å². The maximum atomic E-state index is 10.9. The number of hydrogen-bond donors (Lipinski definition) is 2. The van der Waals surface area contributed by atoms with Crippen molar-refractivity contribution in [3.8, 4) is 0 Å². The summed E-state index contributed by atoms with van der Waals surface area (Å²) in [6, 6.07) is 0.480. The number of piperidine rings is 1. The molecule has 0 bridgehead atoms. The van der Waals surface area contributed by atoms with Crippen LogP contribution in [0.2, 0.25) is 0 Å². The Balaban J connectivity index is 2.04. The molecule has 0 saturated carbocycles. The average molecular weight is 140 g/mol. The van der Waals surface area contributed by atoms with Gasteiger partial charge in [0.1, 0.15) is 0 Å². The second-order valence-corrected chi connectivity index (χ2v) is 3.13. The van der Waals surface area contributed by atoms with E-state index in [1.165, 1.54) is 0 Å². The largest absolute Gasteiger partial charge is 0.353 e. The van der Waals surface area contributed by atoms with E-state index in [4.69, 9.17) is 0 Å². The molecule has 0 aromatic heterocycles. The van der Waals surface area contributed by atoms with Crippen LogP contribution >= 0.6 is 0 Å². The van der Waals surface area contributed by atoms with Gasteiger partial charge in [-0.25, -0.2) is 0 Å². The molecule has 10 heavy (non-hydrogen) atoms. The van der Waals surface area contributed by atoms with Gasteiger partial charge < -0.3 is 10.6 Å². The van der Waals surface area contributed by atoms with Crippen LogP contribution in [0.15, 0.2) is 0 Å². The first kappa shape index (κ1) is 6.16. The number of carbonyl (C=O) groups is 1. The van der Waals surface area contributed by atoms with Crippen LogP contribution in [0.4, 0.5) is 0 Å². The van der Waals surface area contributed by atoms with Crippen molar-refractivity contribution in [3.63, 3.8) is 0 Å². The van der Waals surface area contributed by atoms with Gasteiger partial charge in [-0.1, -0.05) is 0 Å². The molecule has 56 valence electrons. The van der Waals surface area contributed by atoms with Crippen molar-refractivity contribution in [2.24, 2.45) is 5.92 Å². The predicted molar refractivity (Wildman–Crippen MR) is 37.5 cm³/mol. The van der Waals surface area contributed by atoms with Gasteiger partial charge in [0.2, 0.25) is 5.91 Å². The average Bonchev–Trinajstić information content (AvgIpc) is 2.27. The zero-order chi connectivity index (χ0) is 6.97. The third kappa shape index (κ3) is 0.904. The first-order valence-corrected chi connectivity index (χ1v) is 3.86. The molecular formula is C7H12N2O. The molecule has 0 spiro atoms. The lowest BCUT2D eigenvalue weighted by atomic mass is 9.95. The highest BCUT2D eigenvalue weighted by molar-refractivity contribution is 5.79. The van der Waals surface area contributed by atoms with Gasteiger partial charge in [0.05, 0.1) is 0 Å². The van der Waals surface area contributed by atoms with Crippen molar-refractivity contribution in [2.75, 3.05) is 13.1 Å². The molecular weight excluding hydrogens is 128 g/mol. The Bertz CT molecular complexity index is 142. The summed E-state index contributed by atoms with van der Waals surface area (Å²) in [5.74, 6) is 0.806. The van der Waals surface area contributed by atoms with E-state index in [-0.39, 0.29) is 5.91 Å². The second kappa shape index (κ2) is 2.23. The summed E-state index contributed by atoms with van der Waals surface area (Å²) in [4.78, 5) is 10.9. The third-order valence-corrected chi connectivity index (χ3v) is 2.40. The first-order chi connectivity index (χ1) is 4.86. The lowest BCUT2D eigenvalue weighted by molar-refractivity contribution is -0.119. The molecule has 2 saturated heterocycles. The fraction of sp³-hybridized carbons (Fsp3) is 0.857. The molecule has 2 aliphatic rings. The van der Waals surface area contributed by atoms with Crippen LogP contribution in [0.3, 0.4) is 0 Å². The lowest BCUT2D eigenvalue weighted by Crippen LogP contribution is -2.41. The van der Waals surface area contributed by atoms with Crippen LogP contribution in [0.1, 0.15) is 12.8 Å². The van der Waals surface area contributed by atoms with Crippen LogP contribution in [0, 0.1) is 5.92 Å². The third-order valence-electron chi connectivity index (χ3n) is 2.40. The van der Waals surface area contributed by atoms with Gasteiger partial charge in [0.15, 0.2) is 0 Å². The van der Waals surface area contributed by atoms with Crippen molar-refractivity contribution in [3.05, 3.63) is 0 Å². The molecule has 2 N–H and O–H groups in total. The van der Waals surface area contributed by atoms with Crippen molar-refractivity contribution >= 4 is 5.91 Å². The van der Waals surface area contributed by atoms with E-state index in [2.05, 4.69) is 10.6 Å². The van der Waals surface area contributed by atoms with Crippen molar-refractivity contribution < 1.29 is 4.79 Å². The number of amides is 1. The Hall–Kier alpha value is -0.570. The molecule has 2 heterocycles. The van der Waals surface area contributed by atoms with Crippen molar-refractivity contribution in [1.29, 1.82) is 0 Å². The Morgan fingerprint density at radius 3 is 3.20 bits per heavy atom. The number of fused-ring (bicyclic) bond motifs is 1. The molecule has 0 aromatic rings. The van der Waals surface area contributed by atoms with Gasteiger partial charge >= 0.3 is 0 Å². The normalized spacial score (nSPS) is 39.0. The maximum Gasteiger partial charge on any atom is 0.220 e. The van der Waals surface area contributed by atoms with Crippen LogP contribution in [-0.4, -0.2) is 25.0 Å². The van der Waals surface area contributed by atoms with Gasteiger partial charge in [-0.15, -0.1) is 0 Å². The predicted octanol–water partition coefficient (Wildman–Crippen LogP) is -0.516. The highest BCUT2D eigenvalue weighted by Crippen LogP contribution is 2.20. The van der Waals surface area contributed by atoms with E-state index >= 15 is 0 Å². The van der Waals surface area contributed by atoms with Gasteiger partial charge in [-0.2, -0.15) is 0 Å². The lowest BCUT2D eigenvalue weighted by Gasteiger charge is -2.24. The molecule has 2 rings (SSSR count). The number of nitrogens with one attached hydrogen (secondary N) is 2. The van der Waals surface area contributed by atoms with E-state index in [0.29, 0.717) is 12.0 Å². The van der Waals surface area contributed by atoms with E-state index in [1.54, 1.807) is 0 Å². The van der Waals surface area contributed by atoms with Crippen molar-refractivity contribution in [1.82, 2.24) is 10.6 Å². The Morgan fingerprint density at radius 1 is 1.50 bits per heavy atom. The molecule has 3 nitrogen and oxygen atoms in total.